The van der Waals surface area contributed by atoms with E-state index in [2.05, 4.69) is 11.1 Å². The Morgan fingerprint density at radius 3 is 2.95 bits per heavy atom. The van der Waals surface area contributed by atoms with Crippen molar-refractivity contribution in [1.29, 1.82) is 0 Å². The molecular weight excluding hydrogens is 258 g/mol. The quantitative estimate of drug-likeness (QED) is 0.525. The van der Waals surface area contributed by atoms with Gasteiger partial charge in [-0.15, -0.1) is 0 Å². The number of fused-ring (bicyclic) bond motifs is 1. The highest BCUT2D eigenvalue weighted by molar-refractivity contribution is 5.98. The Labute approximate surface area is 115 Å². The van der Waals surface area contributed by atoms with E-state index in [1.807, 2.05) is 23.1 Å². The third-order valence-electron chi connectivity index (χ3n) is 3.50. The van der Waals surface area contributed by atoms with E-state index in [0.717, 1.165) is 18.7 Å². The van der Waals surface area contributed by atoms with Crippen LogP contribution in [0.4, 0.5) is 11.4 Å². The van der Waals surface area contributed by atoms with E-state index in [1.165, 1.54) is 17.8 Å². The molecule has 0 spiro atoms. The first-order valence-corrected chi connectivity index (χ1v) is 6.34. The van der Waals surface area contributed by atoms with Crippen LogP contribution in [0.25, 0.3) is 0 Å². The summed E-state index contributed by atoms with van der Waals surface area (Å²) >= 11 is 0. The number of nitrogens with one attached hydrogen (secondary N) is 1. The molecule has 0 amide bonds. The molecule has 0 saturated carbocycles. The van der Waals surface area contributed by atoms with E-state index < -0.39 is 4.92 Å². The Kier molecular flexibility index (Phi) is 2.98. The van der Waals surface area contributed by atoms with Crippen LogP contribution in [-0.2, 0) is 6.42 Å². The minimum absolute atomic E-state index is 0.0878. The number of nitro groups is 1. The van der Waals surface area contributed by atoms with Crippen molar-refractivity contribution < 1.29 is 9.72 Å². The molecule has 20 heavy (non-hydrogen) atoms. The Morgan fingerprint density at radius 2 is 2.20 bits per heavy atom. The molecule has 2 heterocycles. The van der Waals surface area contributed by atoms with Crippen LogP contribution in [0.15, 0.2) is 36.5 Å². The number of anilines is 1. The molecule has 0 radical (unpaired) electrons. The standard InChI is InChI=1S/C14H13N3O3/c18-14(12-7-11(8-15-12)17(19)20)9-16-6-5-10-3-1-2-4-13(10)16/h1-4,7-8,15H,5-6,9H2. The van der Waals surface area contributed by atoms with Crippen LogP contribution in [0.2, 0.25) is 0 Å². The van der Waals surface area contributed by atoms with Gasteiger partial charge in [0.2, 0.25) is 0 Å². The number of carbonyl (C=O) groups excluding carboxylic acids is 1. The molecule has 0 atom stereocenters. The van der Waals surface area contributed by atoms with Gasteiger partial charge in [0.05, 0.1) is 23.4 Å². The second-order valence-electron chi connectivity index (χ2n) is 4.75. The number of aromatic amines is 1. The zero-order valence-corrected chi connectivity index (χ0v) is 10.7. The Hall–Kier alpha value is -2.63. The number of Topliss-reactive ketones (excluding diaryl/α,β-unsaturated/α-hetero) is 1. The molecule has 1 aliphatic heterocycles. The van der Waals surface area contributed by atoms with Crippen molar-refractivity contribution in [2.24, 2.45) is 0 Å². The summed E-state index contributed by atoms with van der Waals surface area (Å²) in [5.74, 6) is -0.144. The molecular formula is C14H13N3O3. The van der Waals surface area contributed by atoms with Crippen molar-refractivity contribution in [1.82, 2.24) is 4.98 Å². The lowest BCUT2D eigenvalue weighted by molar-refractivity contribution is -0.384. The SMILES string of the molecule is O=C(CN1CCc2ccccc21)c1cc([N+](=O)[O-])c[nH]1. The molecule has 102 valence electrons. The fraction of sp³-hybridized carbons (Fsp3) is 0.214. The van der Waals surface area contributed by atoms with Crippen LogP contribution in [0.5, 0.6) is 0 Å². The number of para-hydroxylation sites is 1. The summed E-state index contributed by atoms with van der Waals surface area (Å²) in [6.45, 7) is 1.03. The van der Waals surface area contributed by atoms with E-state index >= 15 is 0 Å². The van der Waals surface area contributed by atoms with Crippen molar-refractivity contribution in [3.05, 3.63) is 57.9 Å². The van der Waals surface area contributed by atoms with Gasteiger partial charge in [0, 0.05) is 18.3 Å². The van der Waals surface area contributed by atoms with Gasteiger partial charge in [0.15, 0.2) is 5.78 Å². The Balaban J connectivity index is 1.75. The van der Waals surface area contributed by atoms with Crippen molar-refractivity contribution >= 4 is 17.2 Å². The van der Waals surface area contributed by atoms with E-state index in [0.29, 0.717) is 0 Å². The summed E-state index contributed by atoms with van der Waals surface area (Å²) in [6.07, 6.45) is 2.17. The number of ketones is 1. The van der Waals surface area contributed by atoms with Gasteiger partial charge >= 0.3 is 0 Å². The molecule has 0 bridgehead atoms. The largest absolute Gasteiger partial charge is 0.363 e. The second kappa shape index (κ2) is 4.80. The summed E-state index contributed by atoms with van der Waals surface area (Å²) < 4.78 is 0. The van der Waals surface area contributed by atoms with E-state index in [-0.39, 0.29) is 23.7 Å². The molecule has 0 fully saturated rings. The maximum Gasteiger partial charge on any atom is 0.287 e. The van der Waals surface area contributed by atoms with Crippen molar-refractivity contribution in [3.8, 4) is 0 Å². The monoisotopic (exact) mass is 271 g/mol. The van der Waals surface area contributed by atoms with Crippen LogP contribution in [-0.4, -0.2) is 28.8 Å². The Morgan fingerprint density at radius 1 is 1.40 bits per heavy atom. The van der Waals surface area contributed by atoms with Gasteiger partial charge in [-0.25, -0.2) is 0 Å². The van der Waals surface area contributed by atoms with Gasteiger partial charge in [-0.05, 0) is 18.1 Å². The van der Waals surface area contributed by atoms with E-state index in [9.17, 15) is 14.9 Å². The molecule has 6 nitrogen and oxygen atoms in total. The highest BCUT2D eigenvalue weighted by Crippen LogP contribution is 2.27. The number of nitrogens with zero attached hydrogens (tertiary/aromatic N) is 2. The fourth-order valence-electron chi connectivity index (χ4n) is 2.48. The second-order valence-corrected chi connectivity index (χ2v) is 4.75. The van der Waals surface area contributed by atoms with Gasteiger partial charge in [-0.2, -0.15) is 0 Å². The summed E-state index contributed by atoms with van der Waals surface area (Å²) in [5, 5.41) is 10.6. The van der Waals surface area contributed by atoms with Crippen LogP contribution in [0.1, 0.15) is 16.1 Å². The summed E-state index contributed by atoms with van der Waals surface area (Å²) in [4.78, 5) is 26.9. The first-order valence-electron chi connectivity index (χ1n) is 6.34. The molecule has 1 N–H and O–H groups in total. The van der Waals surface area contributed by atoms with Crippen LogP contribution in [0, 0.1) is 10.1 Å². The molecule has 0 aliphatic carbocycles. The van der Waals surface area contributed by atoms with Crippen LogP contribution in [0.3, 0.4) is 0 Å². The summed E-state index contributed by atoms with van der Waals surface area (Å²) in [7, 11) is 0. The van der Waals surface area contributed by atoms with Gasteiger partial charge in [-0.1, -0.05) is 18.2 Å². The lowest BCUT2D eigenvalue weighted by Crippen LogP contribution is -2.28. The zero-order valence-electron chi connectivity index (χ0n) is 10.7. The Bertz CT molecular complexity index is 678. The number of benzene rings is 1. The molecule has 0 saturated heterocycles. The van der Waals surface area contributed by atoms with Crippen LogP contribution >= 0.6 is 0 Å². The van der Waals surface area contributed by atoms with Gasteiger partial charge < -0.3 is 9.88 Å². The highest BCUT2D eigenvalue weighted by Gasteiger charge is 2.22. The number of hydrogen-bond acceptors (Lipinski definition) is 4. The number of aromatic nitrogens is 1. The molecule has 1 aromatic heterocycles. The normalized spacial score (nSPS) is 13.3. The molecule has 1 aromatic carbocycles. The van der Waals surface area contributed by atoms with Gasteiger partial charge in [0.1, 0.15) is 0 Å². The summed E-state index contributed by atoms with van der Waals surface area (Å²) in [6, 6.07) is 9.26. The van der Waals surface area contributed by atoms with Gasteiger partial charge in [-0.3, -0.25) is 14.9 Å². The lowest BCUT2D eigenvalue weighted by atomic mass is 10.2. The van der Waals surface area contributed by atoms with Crippen molar-refractivity contribution in [2.45, 2.75) is 6.42 Å². The number of carbonyl (C=O) groups is 1. The molecule has 1 aliphatic rings. The number of rotatable bonds is 4. The lowest BCUT2D eigenvalue weighted by Gasteiger charge is -2.17. The minimum atomic E-state index is -0.515. The maximum atomic E-state index is 12.2. The van der Waals surface area contributed by atoms with E-state index in [1.54, 1.807) is 0 Å². The first-order chi connectivity index (χ1) is 9.65. The van der Waals surface area contributed by atoms with Crippen molar-refractivity contribution in [3.63, 3.8) is 0 Å². The van der Waals surface area contributed by atoms with Gasteiger partial charge in [0.25, 0.3) is 5.69 Å². The molecule has 0 unspecified atom stereocenters. The highest BCUT2D eigenvalue weighted by atomic mass is 16.6. The minimum Gasteiger partial charge on any atom is -0.363 e. The van der Waals surface area contributed by atoms with E-state index in [4.69, 9.17) is 0 Å². The number of H-pyrrole nitrogens is 1. The zero-order chi connectivity index (χ0) is 14.1. The molecule has 3 rings (SSSR count). The van der Waals surface area contributed by atoms with Crippen molar-refractivity contribution in [2.75, 3.05) is 18.0 Å². The average Bonchev–Trinajstić information content (AvgIpc) is 3.06. The molecule has 2 aromatic rings. The maximum absolute atomic E-state index is 12.2. The summed E-state index contributed by atoms with van der Waals surface area (Å²) in [5.41, 5.74) is 2.50. The third-order valence-corrected chi connectivity index (χ3v) is 3.50. The smallest absolute Gasteiger partial charge is 0.287 e. The third kappa shape index (κ3) is 2.16. The predicted octanol–water partition coefficient (Wildman–Crippen LogP) is 2.17. The number of hydrogen-bond donors (Lipinski definition) is 1. The van der Waals surface area contributed by atoms with Crippen LogP contribution < -0.4 is 4.90 Å². The molecule has 6 heteroatoms. The first kappa shape index (κ1) is 12.4. The topological polar surface area (TPSA) is 79.2 Å². The fourth-order valence-corrected chi connectivity index (χ4v) is 2.48. The average molecular weight is 271 g/mol. The predicted molar refractivity (Wildman–Crippen MR) is 74.1 cm³/mol.